The summed E-state index contributed by atoms with van der Waals surface area (Å²) < 4.78 is 17.8. The van der Waals surface area contributed by atoms with E-state index >= 15 is 0 Å². The van der Waals surface area contributed by atoms with Crippen molar-refractivity contribution in [2.24, 2.45) is 5.92 Å². The molecule has 0 fully saturated rings. The van der Waals surface area contributed by atoms with Crippen molar-refractivity contribution < 1.29 is 19.0 Å². The van der Waals surface area contributed by atoms with Crippen molar-refractivity contribution in [3.8, 4) is 5.75 Å². The lowest BCUT2D eigenvalue weighted by Crippen LogP contribution is -2.38. The van der Waals surface area contributed by atoms with Gasteiger partial charge in [0.15, 0.2) is 0 Å². The highest BCUT2D eigenvalue weighted by Gasteiger charge is 2.32. The number of fused-ring (bicyclic) bond motifs is 1. The number of hydrogen-bond donors (Lipinski definition) is 2. The van der Waals surface area contributed by atoms with Crippen molar-refractivity contribution in [3.05, 3.63) is 42.5 Å². The highest BCUT2D eigenvalue weighted by molar-refractivity contribution is 7.84. The van der Waals surface area contributed by atoms with Gasteiger partial charge >= 0.3 is 12.8 Å². The van der Waals surface area contributed by atoms with Gasteiger partial charge in [0, 0.05) is 16.6 Å². The van der Waals surface area contributed by atoms with Crippen LogP contribution in [0.4, 0.5) is 0 Å². The molecule has 22 heavy (non-hydrogen) atoms. The third-order valence-corrected chi connectivity index (χ3v) is 4.71. The number of halogens is 1. The summed E-state index contributed by atoms with van der Waals surface area (Å²) in [5.74, 6) is -1.07. The summed E-state index contributed by atoms with van der Waals surface area (Å²) in [6.45, 7) is -0.451. The summed E-state index contributed by atoms with van der Waals surface area (Å²) in [5, 5.41) is 13.2. The zero-order chi connectivity index (χ0) is 16.3. The summed E-state index contributed by atoms with van der Waals surface area (Å²) in [7, 11) is 0. The van der Waals surface area contributed by atoms with Crippen LogP contribution in [0.3, 0.4) is 0 Å². The zero-order valence-corrected chi connectivity index (χ0v) is 13.8. The van der Waals surface area contributed by atoms with Crippen molar-refractivity contribution in [2.75, 3.05) is 0 Å². The second kappa shape index (κ2) is 6.69. The number of carboxylic acid groups (broad SMARTS) is 1. The Kier molecular flexibility index (Phi) is 5.12. The minimum absolute atomic E-state index is 0.291. The first kappa shape index (κ1) is 16.8. The molecule has 2 aromatic carbocycles. The summed E-state index contributed by atoms with van der Waals surface area (Å²) >= 11 is 5.91. The van der Waals surface area contributed by atoms with Crippen LogP contribution in [-0.2, 0) is 9.36 Å². The first-order valence-electron chi connectivity index (χ1n) is 6.78. The molecule has 2 N–H and O–H groups in total. The van der Waals surface area contributed by atoms with Crippen LogP contribution in [0.2, 0.25) is 0 Å². The van der Waals surface area contributed by atoms with Gasteiger partial charge in [-0.3, -0.25) is 4.79 Å². The molecule has 0 saturated carbocycles. The Morgan fingerprint density at radius 2 is 1.86 bits per heavy atom. The van der Waals surface area contributed by atoms with E-state index in [0.717, 1.165) is 10.8 Å². The van der Waals surface area contributed by atoms with E-state index in [9.17, 15) is 9.36 Å². The van der Waals surface area contributed by atoms with Crippen molar-refractivity contribution in [1.29, 1.82) is 0 Å². The molecular weight excluding hydrogens is 325 g/mol. The van der Waals surface area contributed by atoms with Crippen LogP contribution in [0.25, 0.3) is 10.8 Å². The normalized spacial score (nSPS) is 15.5. The van der Waals surface area contributed by atoms with Crippen LogP contribution >= 0.6 is 18.1 Å². The van der Waals surface area contributed by atoms with Crippen molar-refractivity contribution >= 4 is 34.9 Å². The first-order valence-corrected chi connectivity index (χ1v) is 9.31. The molecule has 0 heterocycles. The lowest BCUT2D eigenvalue weighted by atomic mass is 10.1. The molecule has 2 atom stereocenters. The maximum Gasteiger partial charge on any atom is 0.409 e. The molecule has 7 heteroatoms. The van der Waals surface area contributed by atoms with Crippen LogP contribution in [0, 0.1) is 5.92 Å². The Balaban J connectivity index is 2.27. The molecule has 0 amide bonds. The minimum atomic E-state index is -3.84. The molecular formula is C15H17ClNO4P. The van der Waals surface area contributed by atoms with Gasteiger partial charge in [0.2, 0.25) is 0 Å². The van der Waals surface area contributed by atoms with Gasteiger partial charge in [-0.2, -0.15) is 0 Å². The summed E-state index contributed by atoms with van der Waals surface area (Å²) in [4.78, 5) is 11.2. The number of carbonyl (C=O) groups is 1. The Hall–Kier alpha value is -1.55. The van der Waals surface area contributed by atoms with E-state index in [0.29, 0.717) is 5.75 Å². The molecule has 0 radical (unpaired) electrons. The van der Waals surface area contributed by atoms with Gasteiger partial charge in [-0.25, -0.2) is 9.65 Å². The second-order valence-corrected chi connectivity index (χ2v) is 7.97. The Bertz CT molecular complexity index is 729. The monoisotopic (exact) mass is 341 g/mol. The Labute approximate surface area is 133 Å². The van der Waals surface area contributed by atoms with Gasteiger partial charge in [-0.15, -0.1) is 0 Å². The summed E-state index contributed by atoms with van der Waals surface area (Å²) in [6, 6.07) is 11.7. The second-order valence-electron chi connectivity index (χ2n) is 5.24. The maximum atomic E-state index is 12.4. The van der Waals surface area contributed by atoms with Crippen LogP contribution in [-0.4, -0.2) is 17.1 Å². The Morgan fingerprint density at radius 1 is 1.23 bits per heavy atom. The summed E-state index contributed by atoms with van der Waals surface area (Å²) in [6.07, 6.45) is 0. The molecule has 0 aliphatic carbocycles. The first-order chi connectivity index (χ1) is 10.3. The number of carboxylic acids is 1. The quantitative estimate of drug-likeness (QED) is 0.768. The van der Waals surface area contributed by atoms with E-state index in [1.807, 2.05) is 30.3 Å². The van der Waals surface area contributed by atoms with E-state index in [4.69, 9.17) is 20.9 Å². The molecule has 118 valence electrons. The molecule has 0 aliphatic heterocycles. The van der Waals surface area contributed by atoms with Gasteiger partial charge in [0.05, 0.1) is 0 Å². The minimum Gasteiger partial charge on any atom is -0.480 e. The van der Waals surface area contributed by atoms with Crippen LogP contribution in [0.5, 0.6) is 5.75 Å². The topological polar surface area (TPSA) is 75.6 Å². The molecule has 2 unspecified atom stereocenters. The highest BCUT2D eigenvalue weighted by atomic mass is 35.7. The zero-order valence-electron chi connectivity index (χ0n) is 12.2. The molecule has 0 spiro atoms. The largest absolute Gasteiger partial charge is 0.480 e. The lowest BCUT2D eigenvalue weighted by Gasteiger charge is -2.22. The van der Waals surface area contributed by atoms with Gasteiger partial charge in [0.25, 0.3) is 0 Å². The third-order valence-electron chi connectivity index (χ3n) is 3.19. The van der Waals surface area contributed by atoms with Gasteiger partial charge in [0.1, 0.15) is 11.8 Å². The smallest absolute Gasteiger partial charge is 0.409 e. The van der Waals surface area contributed by atoms with Crippen LogP contribution in [0.15, 0.2) is 42.5 Å². The molecule has 0 aromatic heterocycles. The van der Waals surface area contributed by atoms with Crippen molar-refractivity contribution in [3.63, 3.8) is 0 Å². The molecule has 2 rings (SSSR count). The predicted molar refractivity (Wildman–Crippen MR) is 87.4 cm³/mol. The van der Waals surface area contributed by atoms with Crippen LogP contribution in [0.1, 0.15) is 13.8 Å². The molecule has 2 aromatic rings. The molecule has 5 nitrogen and oxygen atoms in total. The molecule has 0 saturated heterocycles. The van der Waals surface area contributed by atoms with E-state index in [1.165, 1.54) is 0 Å². The van der Waals surface area contributed by atoms with Crippen LogP contribution < -0.4 is 9.61 Å². The maximum absolute atomic E-state index is 12.4. The fourth-order valence-electron chi connectivity index (χ4n) is 2.08. The third kappa shape index (κ3) is 4.01. The van der Waals surface area contributed by atoms with Crippen molar-refractivity contribution in [2.45, 2.75) is 19.9 Å². The number of hydrogen-bond acceptors (Lipinski definition) is 3. The van der Waals surface area contributed by atoms with Gasteiger partial charge in [-0.1, -0.05) is 50.2 Å². The fourth-order valence-corrected chi connectivity index (χ4v) is 3.83. The number of benzene rings is 2. The predicted octanol–water partition coefficient (Wildman–Crippen LogP) is 4.26. The average Bonchev–Trinajstić information content (AvgIpc) is 2.44. The lowest BCUT2D eigenvalue weighted by molar-refractivity contribution is -0.140. The highest BCUT2D eigenvalue weighted by Crippen LogP contribution is 2.50. The average molecular weight is 342 g/mol. The fraction of sp³-hybridized carbons (Fsp3) is 0.267. The van der Waals surface area contributed by atoms with Crippen molar-refractivity contribution in [1.82, 2.24) is 5.09 Å². The van der Waals surface area contributed by atoms with Gasteiger partial charge in [-0.05, 0) is 17.4 Å². The number of rotatable bonds is 6. The Morgan fingerprint density at radius 3 is 2.50 bits per heavy atom. The van der Waals surface area contributed by atoms with Gasteiger partial charge < -0.3 is 9.63 Å². The van der Waals surface area contributed by atoms with E-state index in [-0.39, 0.29) is 5.92 Å². The van der Waals surface area contributed by atoms with E-state index < -0.39 is 18.9 Å². The van der Waals surface area contributed by atoms with E-state index in [1.54, 1.807) is 26.0 Å². The SMILES string of the molecule is CC(C)C(NP(=O)(Cl)Oc1cccc2ccccc12)C(=O)O. The van der Waals surface area contributed by atoms with E-state index in [2.05, 4.69) is 5.09 Å². The standard InChI is InChI=1S/C15H17ClNO4P/c1-10(2)14(15(18)19)17-22(16,20)21-13-9-5-7-11-6-3-4-8-12(11)13/h3-10,14H,1-2H3,(H,17,20)(H,18,19). The number of nitrogens with one attached hydrogen (secondary N) is 1. The molecule has 0 bridgehead atoms. The molecule has 0 aliphatic rings. The summed E-state index contributed by atoms with van der Waals surface area (Å²) in [5.41, 5.74) is 0. The number of aliphatic carboxylic acids is 1.